The Bertz CT molecular complexity index is 659. The van der Waals surface area contributed by atoms with Crippen LogP contribution < -0.4 is 11.1 Å². The largest absolute Gasteiger partial charge is 0.350 e. The van der Waals surface area contributed by atoms with E-state index in [0.29, 0.717) is 6.54 Å². The fraction of sp³-hybridized carbons (Fsp3) is 0.350. The first-order valence-electron chi connectivity index (χ1n) is 8.61. The smallest absolute Gasteiger partial charge is 0.241 e. The predicted octanol–water partition coefficient (Wildman–Crippen LogP) is 3.44. The SMILES string of the molecule is Cl.Cl.NC(C(=O)NCc1ccc(CN2CCCC2)cc1)c1ccccc1. The first kappa shape index (κ1) is 22.5. The molecular formula is C20H27Cl2N3O. The second-order valence-corrected chi connectivity index (χ2v) is 6.41. The third-order valence-corrected chi connectivity index (χ3v) is 4.54. The number of nitrogens with zero attached hydrogens (tertiary/aromatic N) is 1. The standard InChI is InChI=1S/C20H25N3O.2ClH/c21-19(18-6-2-1-3-7-18)20(24)22-14-16-8-10-17(11-9-16)15-23-12-4-5-13-23;;/h1-3,6-11,19H,4-5,12-15,21H2,(H,22,24);2*1H. The number of hydrogen-bond acceptors (Lipinski definition) is 3. The lowest BCUT2D eigenvalue weighted by Gasteiger charge is -2.15. The molecule has 0 spiro atoms. The van der Waals surface area contributed by atoms with Crippen molar-refractivity contribution in [2.45, 2.75) is 32.0 Å². The van der Waals surface area contributed by atoms with Crippen LogP contribution in [0.3, 0.4) is 0 Å². The van der Waals surface area contributed by atoms with Crippen molar-refractivity contribution < 1.29 is 4.79 Å². The molecule has 0 bridgehead atoms. The van der Waals surface area contributed by atoms with Gasteiger partial charge in [-0.25, -0.2) is 0 Å². The molecule has 0 radical (unpaired) electrons. The minimum atomic E-state index is -0.624. The van der Waals surface area contributed by atoms with Gasteiger partial charge in [0.1, 0.15) is 6.04 Å². The van der Waals surface area contributed by atoms with Crippen LogP contribution in [0.25, 0.3) is 0 Å². The van der Waals surface area contributed by atoms with E-state index in [0.717, 1.165) is 17.7 Å². The summed E-state index contributed by atoms with van der Waals surface area (Å²) in [5.74, 6) is -0.151. The first-order chi connectivity index (χ1) is 11.7. The van der Waals surface area contributed by atoms with Gasteiger partial charge in [-0.2, -0.15) is 0 Å². The Balaban J connectivity index is 0.00000169. The maximum absolute atomic E-state index is 12.2. The molecule has 1 aliphatic heterocycles. The quantitative estimate of drug-likeness (QED) is 0.787. The van der Waals surface area contributed by atoms with Crippen molar-refractivity contribution in [3.8, 4) is 0 Å². The lowest BCUT2D eigenvalue weighted by molar-refractivity contribution is -0.122. The van der Waals surface area contributed by atoms with Crippen molar-refractivity contribution in [2.24, 2.45) is 5.73 Å². The Morgan fingerprint density at radius 2 is 1.54 bits per heavy atom. The van der Waals surface area contributed by atoms with Gasteiger partial charge in [0.25, 0.3) is 0 Å². The molecule has 2 aromatic carbocycles. The van der Waals surface area contributed by atoms with Gasteiger partial charge >= 0.3 is 0 Å². The van der Waals surface area contributed by atoms with E-state index in [4.69, 9.17) is 5.73 Å². The Hall–Kier alpha value is -1.59. The summed E-state index contributed by atoms with van der Waals surface area (Å²) in [7, 11) is 0. The summed E-state index contributed by atoms with van der Waals surface area (Å²) in [5.41, 5.74) is 9.25. The summed E-state index contributed by atoms with van der Waals surface area (Å²) in [6.07, 6.45) is 2.62. The highest BCUT2D eigenvalue weighted by Crippen LogP contribution is 2.14. The van der Waals surface area contributed by atoms with Crippen LogP contribution in [0, 0.1) is 0 Å². The highest BCUT2D eigenvalue weighted by atomic mass is 35.5. The second-order valence-electron chi connectivity index (χ2n) is 6.41. The van der Waals surface area contributed by atoms with E-state index in [1.54, 1.807) is 0 Å². The third-order valence-electron chi connectivity index (χ3n) is 4.54. The van der Waals surface area contributed by atoms with Crippen LogP contribution in [0.2, 0.25) is 0 Å². The number of carbonyl (C=O) groups excluding carboxylic acids is 1. The molecule has 1 atom stereocenters. The van der Waals surface area contributed by atoms with Gasteiger partial charge in [-0.3, -0.25) is 9.69 Å². The van der Waals surface area contributed by atoms with Crippen LogP contribution >= 0.6 is 24.8 Å². The summed E-state index contributed by atoms with van der Waals surface area (Å²) in [4.78, 5) is 14.7. The van der Waals surface area contributed by atoms with Crippen molar-refractivity contribution >= 4 is 30.7 Å². The Kier molecular flexibility index (Phi) is 9.66. The number of benzene rings is 2. The van der Waals surface area contributed by atoms with Gasteiger partial charge in [-0.15, -0.1) is 24.8 Å². The number of amides is 1. The fourth-order valence-electron chi connectivity index (χ4n) is 3.07. The van der Waals surface area contributed by atoms with Gasteiger partial charge in [-0.1, -0.05) is 54.6 Å². The Labute approximate surface area is 168 Å². The van der Waals surface area contributed by atoms with Crippen molar-refractivity contribution in [3.05, 3.63) is 71.3 Å². The predicted molar refractivity (Wildman–Crippen MR) is 111 cm³/mol. The minimum Gasteiger partial charge on any atom is -0.350 e. The third kappa shape index (κ3) is 6.29. The van der Waals surface area contributed by atoms with E-state index in [1.165, 1.54) is 31.5 Å². The molecule has 142 valence electrons. The molecule has 6 heteroatoms. The van der Waals surface area contributed by atoms with Gasteiger partial charge in [0.05, 0.1) is 0 Å². The molecule has 3 N–H and O–H groups in total. The average molecular weight is 396 g/mol. The van der Waals surface area contributed by atoms with Crippen LogP contribution in [-0.2, 0) is 17.9 Å². The lowest BCUT2D eigenvalue weighted by Crippen LogP contribution is -2.33. The number of hydrogen-bond donors (Lipinski definition) is 2. The maximum atomic E-state index is 12.2. The van der Waals surface area contributed by atoms with Crippen molar-refractivity contribution in [1.82, 2.24) is 10.2 Å². The Morgan fingerprint density at radius 3 is 2.15 bits per heavy atom. The summed E-state index contributed by atoms with van der Waals surface area (Å²) in [5, 5.41) is 2.92. The molecular weight excluding hydrogens is 369 g/mol. The first-order valence-corrected chi connectivity index (χ1v) is 8.61. The molecule has 0 aliphatic carbocycles. The molecule has 26 heavy (non-hydrogen) atoms. The number of rotatable bonds is 6. The summed E-state index contributed by atoms with van der Waals surface area (Å²) in [6, 6.07) is 17.3. The highest BCUT2D eigenvalue weighted by molar-refractivity contribution is 5.85. The normalized spacial score (nSPS) is 14.8. The molecule has 1 saturated heterocycles. The van der Waals surface area contributed by atoms with E-state index in [9.17, 15) is 4.79 Å². The number of halogens is 2. The number of nitrogens with one attached hydrogen (secondary N) is 1. The zero-order valence-electron chi connectivity index (χ0n) is 14.8. The molecule has 1 amide bonds. The molecule has 1 fully saturated rings. The van der Waals surface area contributed by atoms with Crippen molar-refractivity contribution in [2.75, 3.05) is 13.1 Å². The topological polar surface area (TPSA) is 58.4 Å². The zero-order valence-corrected chi connectivity index (χ0v) is 16.4. The number of nitrogens with two attached hydrogens (primary N) is 1. The molecule has 1 aliphatic rings. The molecule has 0 aromatic heterocycles. The van der Waals surface area contributed by atoms with E-state index in [1.807, 2.05) is 30.3 Å². The van der Waals surface area contributed by atoms with Crippen LogP contribution in [0.4, 0.5) is 0 Å². The summed E-state index contributed by atoms with van der Waals surface area (Å²) < 4.78 is 0. The number of carbonyl (C=O) groups is 1. The van der Waals surface area contributed by atoms with Crippen LogP contribution in [-0.4, -0.2) is 23.9 Å². The molecule has 1 unspecified atom stereocenters. The molecule has 2 aromatic rings. The van der Waals surface area contributed by atoms with Gasteiger partial charge in [0.2, 0.25) is 5.91 Å². The van der Waals surface area contributed by atoms with Gasteiger partial charge in [0.15, 0.2) is 0 Å². The van der Waals surface area contributed by atoms with E-state index >= 15 is 0 Å². The molecule has 3 rings (SSSR count). The van der Waals surface area contributed by atoms with Gasteiger partial charge in [-0.05, 0) is 42.6 Å². The minimum absolute atomic E-state index is 0. The van der Waals surface area contributed by atoms with E-state index in [2.05, 4.69) is 34.5 Å². The van der Waals surface area contributed by atoms with Crippen LogP contribution in [0.5, 0.6) is 0 Å². The number of likely N-dealkylation sites (tertiary alicyclic amines) is 1. The van der Waals surface area contributed by atoms with Crippen LogP contribution in [0.1, 0.15) is 35.6 Å². The van der Waals surface area contributed by atoms with E-state index in [-0.39, 0.29) is 30.7 Å². The summed E-state index contributed by atoms with van der Waals surface area (Å²) >= 11 is 0. The Morgan fingerprint density at radius 1 is 0.962 bits per heavy atom. The average Bonchev–Trinajstić information content (AvgIpc) is 3.14. The van der Waals surface area contributed by atoms with Crippen molar-refractivity contribution in [3.63, 3.8) is 0 Å². The molecule has 1 heterocycles. The molecule has 4 nitrogen and oxygen atoms in total. The fourth-order valence-corrected chi connectivity index (χ4v) is 3.07. The van der Waals surface area contributed by atoms with Gasteiger partial charge < -0.3 is 11.1 Å². The van der Waals surface area contributed by atoms with E-state index < -0.39 is 6.04 Å². The van der Waals surface area contributed by atoms with Gasteiger partial charge in [0, 0.05) is 13.1 Å². The highest BCUT2D eigenvalue weighted by Gasteiger charge is 2.15. The molecule has 0 saturated carbocycles. The summed E-state index contributed by atoms with van der Waals surface area (Å²) in [6.45, 7) is 3.93. The zero-order chi connectivity index (χ0) is 16.8. The lowest BCUT2D eigenvalue weighted by atomic mass is 10.1. The van der Waals surface area contributed by atoms with Crippen molar-refractivity contribution in [1.29, 1.82) is 0 Å². The maximum Gasteiger partial charge on any atom is 0.241 e. The monoisotopic (exact) mass is 395 g/mol. The van der Waals surface area contributed by atoms with Crippen LogP contribution in [0.15, 0.2) is 54.6 Å². The second kappa shape index (κ2) is 11.2.